The first-order chi connectivity index (χ1) is 41.9. The summed E-state index contributed by atoms with van der Waals surface area (Å²) >= 11 is 0. The quantitative estimate of drug-likeness (QED) is 0.0138. The predicted molar refractivity (Wildman–Crippen MR) is 333 cm³/mol. The fourth-order valence-corrected chi connectivity index (χ4v) is 9.77. The Morgan fingerprint density at radius 3 is 1.55 bits per heavy atom. The third-order valence-electron chi connectivity index (χ3n) is 14.2. The molecule has 0 aliphatic carbocycles. The van der Waals surface area contributed by atoms with Crippen molar-refractivity contribution < 1.29 is 47.7 Å². The van der Waals surface area contributed by atoms with Crippen LogP contribution in [0.25, 0.3) is 33.9 Å². The molecule has 0 bridgehead atoms. The van der Waals surface area contributed by atoms with E-state index in [2.05, 4.69) is 45.4 Å². The Morgan fingerprint density at radius 1 is 0.523 bits per heavy atom. The summed E-state index contributed by atoms with van der Waals surface area (Å²) in [5.74, 6) is 5.99. The van der Waals surface area contributed by atoms with E-state index in [1.54, 1.807) is 14.5 Å². The molecular weight excluding hydrogens is 1100 g/mol. The molecule has 86 heavy (non-hydrogen) atoms. The Labute approximate surface area is 505 Å². The third kappa shape index (κ3) is 20.2. The van der Waals surface area contributed by atoms with Crippen molar-refractivity contribution in [2.45, 2.75) is 124 Å². The average Bonchev–Trinajstić information content (AvgIpc) is 1.53. The van der Waals surface area contributed by atoms with Gasteiger partial charge in [0.15, 0.2) is 0 Å². The van der Waals surface area contributed by atoms with Crippen molar-refractivity contribution in [3.8, 4) is 22.5 Å². The summed E-state index contributed by atoms with van der Waals surface area (Å²) < 4.78 is 23.2. The van der Waals surface area contributed by atoms with Crippen LogP contribution in [0.5, 0.6) is 0 Å². The number of alkyl carbamates (subject to hydrolysis) is 2. The topological polar surface area (TPSA) is 280 Å². The molecule has 0 atom stereocenters. The largest absolute Gasteiger partial charge is 0.448 e. The van der Waals surface area contributed by atoms with Gasteiger partial charge in [0, 0.05) is 87.3 Å². The molecule has 22 nitrogen and oxygen atoms in total. The average molecular weight is 1190 g/mol. The van der Waals surface area contributed by atoms with Crippen LogP contribution < -0.4 is 42.6 Å². The summed E-state index contributed by atoms with van der Waals surface area (Å²) in [5.41, 5.74) is 15.5. The third-order valence-corrected chi connectivity index (χ3v) is 14.2. The summed E-state index contributed by atoms with van der Waals surface area (Å²) in [6.07, 6.45) is 7.69. The summed E-state index contributed by atoms with van der Waals surface area (Å²) in [6.45, 7) is 13.1. The van der Waals surface area contributed by atoms with Crippen LogP contribution in [0.1, 0.15) is 127 Å². The minimum Gasteiger partial charge on any atom is -0.448 e. The molecule has 464 valence electrons. The second kappa shape index (κ2) is 36.5. The van der Waals surface area contributed by atoms with Crippen LogP contribution >= 0.6 is 0 Å². The summed E-state index contributed by atoms with van der Waals surface area (Å²) in [5, 5.41) is 21.6. The lowest BCUT2D eigenvalue weighted by Gasteiger charge is -2.33. The number of nitrogens with two attached hydrogens (primary N) is 2. The van der Waals surface area contributed by atoms with Crippen LogP contribution in [0.15, 0.2) is 97.1 Å². The number of carbonyl (C=O) groups excluding carboxylic acids is 6. The lowest BCUT2D eigenvalue weighted by atomic mass is 9.95. The number of hydrogen-bond donors (Lipinski definition) is 6. The molecule has 0 radical (unpaired) electrons. The van der Waals surface area contributed by atoms with Gasteiger partial charge < -0.3 is 60.8 Å². The number of rotatable bonds is 31. The van der Waals surface area contributed by atoms with E-state index in [0.717, 1.165) is 90.6 Å². The van der Waals surface area contributed by atoms with Gasteiger partial charge in [-0.2, -0.15) is 0 Å². The highest BCUT2D eigenvalue weighted by molar-refractivity contribution is 6.02. The number of amides is 6. The fraction of sp³-hybridized carbons (Fsp3) is 0.469. The van der Waals surface area contributed by atoms with Gasteiger partial charge in [0.05, 0.1) is 67.9 Å². The second-order valence-electron chi connectivity index (χ2n) is 20.7. The number of para-hydroxylation sites is 2. The molecule has 0 saturated heterocycles. The van der Waals surface area contributed by atoms with Gasteiger partial charge in [-0.05, 0) is 48.9 Å². The highest BCUT2D eigenvalue weighted by Crippen LogP contribution is 2.41. The summed E-state index contributed by atoms with van der Waals surface area (Å²) in [4.78, 5) is 79.3. The molecule has 5 aromatic rings. The fourth-order valence-electron chi connectivity index (χ4n) is 9.77. The van der Waals surface area contributed by atoms with Crippen molar-refractivity contribution in [1.82, 2.24) is 41.3 Å². The normalized spacial score (nSPS) is 13.0. The number of unbranched alkanes of at least 4 members (excludes halogenated alkanes) is 4. The van der Waals surface area contributed by atoms with Crippen molar-refractivity contribution >= 4 is 58.6 Å². The molecule has 3 heterocycles. The Bertz CT molecular complexity index is 3020. The molecule has 6 amide bonds. The Kier molecular flexibility index (Phi) is 28.3. The zero-order valence-electron chi connectivity index (χ0n) is 50.5. The molecule has 0 unspecified atom stereocenters. The van der Waals surface area contributed by atoms with Crippen LogP contribution in [0.3, 0.4) is 0 Å². The van der Waals surface area contributed by atoms with Crippen LogP contribution in [-0.4, -0.2) is 128 Å². The number of ether oxygens (including phenoxy) is 4. The maximum atomic E-state index is 13.7. The number of fused-ring (bicyclic) bond motifs is 7. The van der Waals surface area contributed by atoms with Gasteiger partial charge in [0.1, 0.15) is 18.9 Å². The van der Waals surface area contributed by atoms with E-state index in [-0.39, 0.29) is 88.7 Å². The molecule has 4 aromatic carbocycles. The minimum absolute atomic E-state index is 0.0672. The smallest absolute Gasteiger partial charge is 0.407 e. The van der Waals surface area contributed by atoms with Crippen LogP contribution in [0.4, 0.5) is 21.0 Å². The molecule has 0 saturated carbocycles. The standard InChI is InChI=1S/C32H42N6O5.C32H46N6O5/c1-3-5-10-17-34-32(41)43-22-19-38-31-26-13-8-9-14-27(26)37(23-24-11-6-7-12-25(24)30(31)35-36-38)29(40)15-18-33-28(39)16-21-42-20-4-2;1-3-5-10-17-36-32(41)43-22-19-38(34)31-25-12-7-6-11-24(25)23-37(27-14-9-8-13-26(27)30(31)33)29(40)15-18-35-28(39)16-21-42-20-4-2/h6-9,11-14H,3-5,10,15-23H2,1-2H3,(H,33,39)(H,34,41);6-9,11-14H,3-5,10,15-23,33-34H2,1-2H3,(H,35,39)(H,36,41)/b;31-30-. The van der Waals surface area contributed by atoms with Gasteiger partial charge in [-0.1, -0.05) is 144 Å². The Balaban J connectivity index is 0.000000275. The van der Waals surface area contributed by atoms with E-state index in [9.17, 15) is 28.8 Å². The van der Waals surface area contributed by atoms with Gasteiger partial charge in [-0.25, -0.2) is 20.1 Å². The monoisotopic (exact) mass is 1180 g/mol. The van der Waals surface area contributed by atoms with E-state index < -0.39 is 12.2 Å². The number of anilines is 2. The van der Waals surface area contributed by atoms with Crippen molar-refractivity contribution in [1.29, 1.82) is 0 Å². The van der Waals surface area contributed by atoms with E-state index in [0.29, 0.717) is 80.9 Å². The number of aromatic nitrogens is 3. The lowest BCUT2D eigenvalue weighted by molar-refractivity contribution is -0.124. The Hall–Kier alpha value is -8.34. The van der Waals surface area contributed by atoms with Crippen molar-refractivity contribution in [3.63, 3.8) is 0 Å². The molecule has 2 aliphatic rings. The molecule has 0 fully saturated rings. The number of nitrogens with one attached hydrogen (secondary N) is 4. The number of benzene rings is 4. The highest BCUT2D eigenvalue weighted by Gasteiger charge is 2.31. The van der Waals surface area contributed by atoms with E-state index >= 15 is 0 Å². The Morgan fingerprint density at radius 2 is 1.00 bits per heavy atom. The van der Waals surface area contributed by atoms with Crippen LogP contribution in [0.2, 0.25) is 0 Å². The zero-order chi connectivity index (χ0) is 61.5. The molecule has 1 aromatic heterocycles. The molecule has 2 aliphatic heterocycles. The van der Waals surface area contributed by atoms with Crippen LogP contribution in [-0.2, 0) is 57.8 Å². The molecule has 7 rings (SSSR count). The molecule has 0 spiro atoms. The van der Waals surface area contributed by atoms with Gasteiger partial charge in [-0.3, -0.25) is 19.2 Å². The first-order valence-electron chi connectivity index (χ1n) is 30.3. The summed E-state index contributed by atoms with van der Waals surface area (Å²) in [7, 11) is 0. The number of hydrazine groups is 1. The lowest BCUT2D eigenvalue weighted by Crippen LogP contribution is -2.39. The van der Waals surface area contributed by atoms with E-state index in [1.807, 2.05) is 111 Å². The molecular formula is C64H88N12O10. The van der Waals surface area contributed by atoms with Gasteiger partial charge in [0.25, 0.3) is 0 Å². The molecule has 8 N–H and O–H groups in total. The first kappa shape index (κ1) is 66.8. The highest BCUT2D eigenvalue weighted by atomic mass is 16.6. The van der Waals surface area contributed by atoms with Crippen molar-refractivity contribution in [2.24, 2.45) is 11.6 Å². The van der Waals surface area contributed by atoms with E-state index in [1.165, 1.54) is 5.01 Å². The number of carbonyl (C=O) groups is 6. The maximum absolute atomic E-state index is 13.7. The SMILES string of the molecule is CCCCCNC(=O)OCCN(N)/C1=C(\N)c2ccccc2N(C(=O)CCNC(=O)CCOCCC)Cc2ccccc21.CCCCCNC(=O)OCCn1nnc2c1-c1ccccc1N(C(=O)CCNC(=O)CCOCCC)Cc1ccccc1-2. The van der Waals surface area contributed by atoms with Gasteiger partial charge in [-0.15, -0.1) is 5.10 Å². The van der Waals surface area contributed by atoms with E-state index in [4.69, 9.17) is 30.5 Å². The van der Waals surface area contributed by atoms with Crippen LogP contribution in [0, 0.1) is 0 Å². The van der Waals surface area contributed by atoms with Crippen molar-refractivity contribution in [2.75, 3.05) is 82.2 Å². The van der Waals surface area contributed by atoms with Crippen molar-refractivity contribution in [3.05, 3.63) is 119 Å². The number of hydrogen-bond acceptors (Lipinski definition) is 15. The summed E-state index contributed by atoms with van der Waals surface area (Å²) in [6, 6.07) is 30.5. The van der Waals surface area contributed by atoms with Gasteiger partial charge in [0.2, 0.25) is 23.6 Å². The minimum atomic E-state index is -0.481. The zero-order valence-corrected chi connectivity index (χ0v) is 50.5. The first-order valence-corrected chi connectivity index (χ1v) is 30.3. The molecule has 22 heteroatoms. The second-order valence-corrected chi connectivity index (χ2v) is 20.7. The maximum Gasteiger partial charge on any atom is 0.407 e. The number of nitrogens with zero attached hydrogens (tertiary/aromatic N) is 6. The van der Waals surface area contributed by atoms with Gasteiger partial charge >= 0.3 is 12.2 Å². The predicted octanol–water partition coefficient (Wildman–Crippen LogP) is 8.43.